The van der Waals surface area contributed by atoms with Crippen LogP contribution in [0.4, 0.5) is 0 Å². The van der Waals surface area contributed by atoms with Crippen molar-refractivity contribution >= 4 is 29.6 Å². The van der Waals surface area contributed by atoms with Gasteiger partial charge in [0.2, 0.25) is 23.6 Å². The van der Waals surface area contributed by atoms with Gasteiger partial charge in [0.05, 0.1) is 6.10 Å². The van der Waals surface area contributed by atoms with Crippen LogP contribution in [0, 0.1) is 5.92 Å². The normalized spacial score (nSPS) is 19.9. The van der Waals surface area contributed by atoms with Crippen molar-refractivity contribution in [1.29, 1.82) is 0 Å². The second kappa shape index (κ2) is 11.6. The van der Waals surface area contributed by atoms with E-state index < -0.39 is 65.8 Å². The lowest BCUT2D eigenvalue weighted by atomic mass is 10.0. The van der Waals surface area contributed by atoms with Crippen LogP contribution in [0.25, 0.3) is 0 Å². The fourth-order valence-electron chi connectivity index (χ4n) is 3.30. The molecule has 1 aliphatic rings. The minimum Gasteiger partial charge on any atom is -0.480 e. The van der Waals surface area contributed by atoms with Crippen LogP contribution in [0.5, 0.6) is 0 Å². The first-order chi connectivity index (χ1) is 14.4. The van der Waals surface area contributed by atoms with Gasteiger partial charge in [-0.2, -0.15) is 0 Å². The van der Waals surface area contributed by atoms with Gasteiger partial charge in [0, 0.05) is 13.0 Å². The molecule has 1 saturated heterocycles. The third-order valence-electron chi connectivity index (χ3n) is 5.18. The van der Waals surface area contributed by atoms with E-state index >= 15 is 0 Å². The molecule has 0 spiro atoms. The molecule has 176 valence electrons. The molecule has 1 heterocycles. The average molecular weight is 444 g/mol. The molecular formula is C19H33N5O7. The van der Waals surface area contributed by atoms with Gasteiger partial charge in [-0.3, -0.25) is 19.2 Å². The number of carbonyl (C=O) groups is 5. The number of aliphatic carboxylic acids is 1. The summed E-state index contributed by atoms with van der Waals surface area (Å²) in [5, 5.41) is 23.8. The second-order valence-electron chi connectivity index (χ2n) is 8.09. The molecule has 1 fully saturated rings. The maximum Gasteiger partial charge on any atom is 0.326 e. The molecule has 1 rings (SSSR count). The van der Waals surface area contributed by atoms with Crippen molar-refractivity contribution in [3.63, 3.8) is 0 Å². The number of nitrogens with zero attached hydrogens (tertiary/aromatic N) is 1. The van der Waals surface area contributed by atoms with E-state index in [2.05, 4.69) is 10.6 Å². The molecule has 12 nitrogen and oxygen atoms in total. The molecule has 5 unspecified atom stereocenters. The summed E-state index contributed by atoms with van der Waals surface area (Å²) in [6.07, 6.45) is -0.660. The van der Waals surface area contributed by atoms with Crippen LogP contribution >= 0.6 is 0 Å². The lowest BCUT2D eigenvalue weighted by Crippen LogP contribution is -2.59. The van der Waals surface area contributed by atoms with E-state index in [9.17, 15) is 34.2 Å². The number of nitrogens with two attached hydrogens (primary N) is 2. The standard InChI is InChI=1S/C19H33N5O7/c1-9(2)15(23-16(27)14(21)10(3)25)17(28)22-11(6-7-13(20)26)18(29)24-8-4-5-12(24)19(30)31/h9-12,14-15,25H,4-8,21H2,1-3H3,(H2,20,26)(H,22,28)(H,23,27)(H,30,31). The Morgan fingerprint density at radius 1 is 1.10 bits per heavy atom. The molecule has 0 radical (unpaired) electrons. The van der Waals surface area contributed by atoms with Crippen LogP contribution in [0.3, 0.4) is 0 Å². The van der Waals surface area contributed by atoms with E-state index in [-0.39, 0.29) is 19.4 Å². The quantitative estimate of drug-likeness (QED) is 0.203. The van der Waals surface area contributed by atoms with E-state index in [4.69, 9.17) is 11.5 Å². The van der Waals surface area contributed by atoms with Gasteiger partial charge in [-0.05, 0) is 32.1 Å². The van der Waals surface area contributed by atoms with Gasteiger partial charge in [-0.1, -0.05) is 13.8 Å². The number of carboxylic acids is 1. The van der Waals surface area contributed by atoms with Crippen LogP contribution in [-0.4, -0.2) is 81.5 Å². The molecule has 4 amide bonds. The molecule has 5 atom stereocenters. The number of rotatable bonds is 11. The Hall–Kier alpha value is -2.73. The highest BCUT2D eigenvalue weighted by atomic mass is 16.4. The van der Waals surface area contributed by atoms with Gasteiger partial charge in [-0.25, -0.2) is 4.79 Å². The van der Waals surface area contributed by atoms with Crippen LogP contribution in [0.2, 0.25) is 0 Å². The summed E-state index contributed by atoms with van der Waals surface area (Å²) in [6.45, 7) is 4.88. The Bertz CT molecular complexity index is 697. The highest BCUT2D eigenvalue weighted by Gasteiger charge is 2.38. The number of aliphatic hydroxyl groups excluding tert-OH is 1. The van der Waals surface area contributed by atoms with Gasteiger partial charge in [0.1, 0.15) is 24.2 Å². The topological polar surface area (TPSA) is 205 Å². The van der Waals surface area contributed by atoms with E-state index in [1.54, 1.807) is 13.8 Å². The first-order valence-electron chi connectivity index (χ1n) is 10.2. The number of aliphatic hydroxyl groups is 1. The molecular weight excluding hydrogens is 410 g/mol. The fourth-order valence-corrected chi connectivity index (χ4v) is 3.30. The highest BCUT2D eigenvalue weighted by Crippen LogP contribution is 2.20. The SMILES string of the molecule is CC(C)C(NC(=O)C(N)C(C)O)C(=O)NC(CCC(N)=O)C(=O)N1CCCC1C(=O)O. The number of nitrogens with one attached hydrogen (secondary N) is 2. The molecule has 0 aromatic rings. The minimum atomic E-state index is -1.25. The number of carboxylic acid groups (broad SMARTS) is 1. The first kappa shape index (κ1) is 26.3. The second-order valence-corrected chi connectivity index (χ2v) is 8.09. The Balaban J connectivity index is 3.01. The van der Waals surface area contributed by atoms with Crippen molar-refractivity contribution in [3.05, 3.63) is 0 Å². The van der Waals surface area contributed by atoms with Crippen molar-refractivity contribution in [2.24, 2.45) is 17.4 Å². The minimum absolute atomic E-state index is 0.116. The number of likely N-dealkylation sites (tertiary alicyclic amines) is 1. The predicted octanol–water partition coefficient (Wildman–Crippen LogP) is -2.34. The van der Waals surface area contributed by atoms with Crippen molar-refractivity contribution in [1.82, 2.24) is 15.5 Å². The Labute approximate surface area is 180 Å². The van der Waals surface area contributed by atoms with Crippen LogP contribution < -0.4 is 22.1 Å². The van der Waals surface area contributed by atoms with Gasteiger partial charge in [0.25, 0.3) is 0 Å². The first-order valence-corrected chi connectivity index (χ1v) is 10.2. The number of carbonyl (C=O) groups excluding carboxylic acids is 4. The summed E-state index contributed by atoms with van der Waals surface area (Å²) in [5.41, 5.74) is 10.8. The van der Waals surface area contributed by atoms with Crippen molar-refractivity contribution < 1.29 is 34.2 Å². The maximum absolute atomic E-state index is 13.0. The molecule has 0 aliphatic carbocycles. The van der Waals surface area contributed by atoms with Gasteiger partial charge in [-0.15, -0.1) is 0 Å². The van der Waals surface area contributed by atoms with Gasteiger partial charge < -0.3 is 37.2 Å². The number of primary amides is 1. The van der Waals surface area contributed by atoms with Crippen LogP contribution in [0.1, 0.15) is 46.5 Å². The lowest BCUT2D eigenvalue weighted by Gasteiger charge is -2.30. The Morgan fingerprint density at radius 3 is 2.19 bits per heavy atom. The zero-order valence-corrected chi connectivity index (χ0v) is 18.0. The van der Waals surface area contributed by atoms with E-state index in [0.717, 1.165) is 0 Å². The molecule has 0 aromatic heterocycles. The van der Waals surface area contributed by atoms with E-state index in [0.29, 0.717) is 12.8 Å². The smallest absolute Gasteiger partial charge is 0.326 e. The number of hydrogen-bond donors (Lipinski definition) is 6. The molecule has 1 aliphatic heterocycles. The molecule has 0 bridgehead atoms. The highest BCUT2D eigenvalue weighted by molar-refractivity contribution is 5.94. The summed E-state index contributed by atoms with van der Waals surface area (Å²) < 4.78 is 0. The third kappa shape index (κ3) is 7.47. The molecule has 8 N–H and O–H groups in total. The van der Waals surface area contributed by atoms with Crippen LogP contribution in [-0.2, 0) is 24.0 Å². The van der Waals surface area contributed by atoms with Gasteiger partial charge >= 0.3 is 5.97 Å². The molecule has 0 aromatic carbocycles. The maximum atomic E-state index is 13.0. The summed E-state index contributed by atoms with van der Waals surface area (Å²) in [4.78, 5) is 61.9. The van der Waals surface area contributed by atoms with E-state index in [1.807, 2.05) is 0 Å². The summed E-state index contributed by atoms with van der Waals surface area (Å²) in [5.74, 6) is -4.29. The largest absolute Gasteiger partial charge is 0.480 e. The van der Waals surface area contributed by atoms with Crippen molar-refractivity contribution in [2.75, 3.05) is 6.54 Å². The lowest BCUT2D eigenvalue weighted by molar-refractivity contribution is -0.149. The number of hydrogen-bond acceptors (Lipinski definition) is 7. The summed E-state index contributed by atoms with van der Waals surface area (Å²) in [7, 11) is 0. The molecule has 31 heavy (non-hydrogen) atoms. The third-order valence-corrected chi connectivity index (χ3v) is 5.18. The summed E-state index contributed by atoms with van der Waals surface area (Å²) >= 11 is 0. The number of amides is 4. The summed E-state index contributed by atoms with van der Waals surface area (Å²) in [6, 6.07) is -4.52. The van der Waals surface area contributed by atoms with Gasteiger partial charge in [0.15, 0.2) is 0 Å². The zero-order chi connectivity index (χ0) is 23.9. The average Bonchev–Trinajstić information content (AvgIpc) is 3.17. The zero-order valence-electron chi connectivity index (χ0n) is 18.0. The predicted molar refractivity (Wildman–Crippen MR) is 109 cm³/mol. The van der Waals surface area contributed by atoms with Crippen molar-refractivity contribution in [2.45, 2.75) is 76.7 Å². The fraction of sp³-hybridized carbons (Fsp3) is 0.737. The Morgan fingerprint density at radius 2 is 1.71 bits per heavy atom. The van der Waals surface area contributed by atoms with E-state index in [1.165, 1.54) is 11.8 Å². The monoisotopic (exact) mass is 443 g/mol. The molecule has 0 saturated carbocycles. The van der Waals surface area contributed by atoms with Crippen LogP contribution in [0.15, 0.2) is 0 Å². The van der Waals surface area contributed by atoms with Crippen molar-refractivity contribution in [3.8, 4) is 0 Å². The Kier molecular flexibility index (Phi) is 9.85. The molecule has 12 heteroatoms.